The number of esters is 2. The zero-order valence-corrected chi connectivity index (χ0v) is 29.3. The molecule has 1 aliphatic heterocycles. The Morgan fingerprint density at radius 3 is 1.81 bits per heavy atom. The Balaban J connectivity index is 2.41. The third-order valence-electron chi connectivity index (χ3n) is 8.34. The molecule has 0 amide bonds. The minimum Gasteiger partial charge on any atom is -0.462 e. The molecule has 1 saturated heterocycles. The van der Waals surface area contributed by atoms with Gasteiger partial charge in [0.05, 0.1) is 13.2 Å². The van der Waals surface area contributed by atoms with Crippen LogP contribution in [0, 0.1) is 0 Å². The van der Waals surface area contributed by atoms with E-state index in [-0.39, 0.29) is 32.0 Å². The molecule has 0 aromatic rings. The summed E-state index contributed by atoms with van der Waals surface area (Å²) >= 11 is 0. The van der Waals surface area contributed by atoms with Gasteiger partial charge in [0.1, 0.15) is 31.0 Å². The Morgan fingerprint density at radius 2 is 1.19 bits per heavy atom. The van der Waals surface area contributed by atoms with Crippen molar-refractivity contribution in [2.75, 3.05) is 19.8 Å². The first-order valence-electron chi connectivity index (χ1n) is 18.4. The van der Waals surface area contributed by atoms with Gasteiger partial charge in [-0.15, -0.1) is 0 Å². The summed E-state index contributed by atoms with van der Waals surface area (Å²) in [6.07, 6.45) is 20.7. The van der Waals surface area contributed by atoms with Gasteiger partial charge >= 0.3 is 11.9 Å². The van der Waals surface area contributed by atoms with E-state index in [0.717, 1.165) is 64.2 Å². The van der Waals surface area contributed by atoms with Gasteiger partial charge in [0, 0.05) is 12.8 Å². The molecule has 10 nitrogen and oxygen atoms in total. The highest BCUT2D eigenvalue weighted by Crippen LogP contribution is 2.22. The summed E-state index contributed by atoms with van der Waals surface area (Å²) in [5, 5.41) is 39.8. The molecular formula is C37H66O10. The van der Waals surface area contributed by atoms with Crippen LogP contribution in [0.1, 0.15) is 142 Å². The molecular weight excluding hydrogens is 604 g/mol. The predicted octanol–water partition coefficient (Wildman–Crippen LogP) is 6.21. The lowest BCUT2D eigenvalue weighted by Crippen LogP contribution is -2.59. The number of allylic oxidation sites excluding steroid dienone is 4. The van der Waals surface area contributed by atoms with Crippen LogP contribution in [0.15, 0.2) is 24.3 Å². The Kier molecular flexibility index (Phi) is 26.8. The predicted molar refractivity (Wildman–Crippen MR) is 183 cm³/mol. The van der Waals surface area contributed by atoms with E-state index in [1.54, 1.807) is 0 Å². The zero-order chi connectivity index (χ0) is 34.5. The third-order valence-corrected chi connectivity index (χ3v) is 8.34. The van der Waals surface area contributed by atoms with Gasteiger partial charge in [-0.1, -0.05) is 109 Å². The number of hydrogen-bond donors (Lipinski definition) is 4. The van der Waals surface area contributed by atoms with Gasteiger partial charge in [0.2, 0.25) is 0 Å². The normalized spacial score (nSPS) is 22.2. The molecule has 0 radical (unpaired) electrons. The molecule has 4 N–H and O–H groups in total. The molecule has 1 fully saturated rings. The van der Waals surface area contributed by atoms with Gasteiger partial charge in [-0.2, -0.15) is 0 Å². The molecule has 0 saturated carbocycles. The van der Waals surface area contributed by atoms with E-state index in [4.69, 9.17) is 18.9 Å². The van der Waals surface area contributed by atoms with Gasteiger partial charge in [0.15, 0.2) is 12.4 Å². The lowest BCUT2D eigenvalue weighted by Gasteiger charge is -2.39. The number of ether oxygens (including phenoxy) is 4. The van der Waals surface area contributed by atoms with Crippen LogP contribution in [-0.2, 0) is 28.5 Å². The fourth-order valence-electron chi connectivity index (χ4n) is 5.33. The minimum absolute atomic E-state index is 0.215. The molecule has 1 heterocycles. The Bertz CT molecular complexity index is 830. The van der Waals surface area contributed by atoms with Crippen molar-refractivity contribution in [3.8, 4) is 0 Å². The smallest absolute Gasteiger partial charge is 0.306 e. The van der Waals surface area contributed by atoms with Crippen LogP contribution < -0.4 is 0 Å². The second-order valence-corrected chi connectivity index (χ2v) is 12.7. The monoisotopic (exact) mass is 670 g/mol. The molecule has 274 valence electrons. The number of rotatable bonds is 29. The molecule has 6 atom stereocenters. The van der Waals surface area contributed by atoms with Crippen LogP contribution in [0.2, 0.25) is 0 Å². The maximum absolute atomic E-state index is 12.6. The summed E-state index contributed by atoms with van der Waals surface area (Å²) in [5.74, 6) is -0.831. The van der Waals surface area contributed by atoms with Gasteiger partial charge in [0.25, 0.3) is 0 Å². The molecule has 0 aromatic carbocycles. The van der Waals surface area contributed by atoms with E-state index in [1.165, 1.54) is 44.9 Å². The van der Waals surface area contributed by atoms with E-state index in [1.807, 2.05) is 0 Å². The second-order valence-electron chi connectivity index (χ2n) is 12.7. The average Bonchev–Trinajstić information content (AvgIpc) is 3.06. The van der Waals surface area contributed by atoms with Crippen LogP contribution in [0.25, 0.3) is 0 Å². The van der Waals surface area contributed by atoms with E-state index < -0.39 is 49.4 Å². The standard InChI is InChI=1S/C37H66O10/c1-3-5-7-9-11-12-13-14-15-16-17-18-20-22-24-26-33(40)46-30(28-44-32(39)25-23-21-19-10-8-6-4-2)29-45-37-36(43)35(42)34(41)31(27-38)47-37/h11-12,14-15,30-31,34-38,41-43H,3-10,13,16-29H2,1-2H3/b12-11-,15-14-. The Labute approximate surface area is 283 Å². The summed E-state index contributed by atoms with van der Waals surface area (Å²) in [6, 6.07) is 0. The fraction of sp³-hybridized carbons (Fsp3) is 0.838. The van der Waals surface area contributed by atoms with Crippen molar-refractivity contribution in [3.63, 3.8) is 0 Å². The summed E-state index contributed by atoms with van der Waals surface area (Å²) in [5.41, 5.74) is 0. The third kappa shape index (κ3) is 21.7. The van der Waals surface area contributed by atoms with Crippen LogP contribution >= 0.6 is 0 Å². The number of carbonyl (C=O) groups excluding carboxylic acids is 2. The first-order valence-corrected chi connectivity index (χ1v) is 18.4. The van der Waals surface area contributed by atoms with Gasteiger partial charge < -0.3 is 39.4 Å². The van der Waals surface area contributed by atoms with E-state index in [2.05, 4.69) is 38.2 Å². The molecule has 0 aromatic heterocycles. The van der Waals surface area contributed by atoms with Crippen molar-refractivity contribution in [3.05, 3.63) is 24.3 Å². The van der Waals surface area contributed by atoms with E-state index >= 15 is 0 Å². The van der Waals surface area contributed by atoms with Crippen LogP contribution in [0.3, 0.4) is 0 Å². The van der Waals surface area contributed by atoms with Crippen molar-refractivity contribution in [2.24, 2.45) is 0 Å². The first kappa shape index (κ1) is 43.2. The Hall–Kier alpha value is -1.82. The van der Waals surface area contributed by atoms with Gasteiger partial charge in [-0.3, -0.25) is 9.59 Å². The summed E-state index contributed by atoms with van der Waals surface area (Å²) in [6.45, 7) is 3.30. The molecule has 47 heavy (non-hydrogen) atoms. The van der Waals surface area contributed by atoms with Crippen molar-refractivity contribution >= 4 is 11.9 Å². The molecule has 1 aliphatic rings. The molecule has 0 bridgehead atoms. The molecule has 0 aliphatic carbocycles. The maximum atomic E-state index is 12.6. The topological polar surface area (TPSA) is 152 Å². The number of aliphatic hydroxyl groups is 4. The van der Waals surface area contributed by atoms with E-state index in [9.17, 15) is 30.0 Å². The highest BCUT2D eigenvalue weighted by atomic mass is 16.7. The van der Waals surface area contributed by atoms with Crippen molar-refractivity contribution < 1.29 is 49.0 Å². The van der Waals surface area contributed by atoms with Crippen molar-refractivity contribution in [2.45, 2.75) is 179 Å². The summed E-state index contributed by atoms with van der Waals surface area (Å²) < 4.78 is 21.9. The lowest BCUT2D eigenvalue weighted by molar-refractivity contribution is -0.305. The van der Waals surface area contributed by atoms with Gasteiger partial charge in [-0.25, -0.2) is 0 Å². The van der Waals surface area contributed by atoms with E-state index in [0.29, 0.717) is 6.42 Å². The van der Waals surface area contributed by atoms with Crippen LogP contribution in [0.5, 0.6) is 0 Å². The van der Waals surface area contributed by atoms with Crippen molar-refractivity contribution in [1.29, 1.82) is 0 Å². The number of aliphatic hydroxyl groups excluding tert-OH is 4. The second kappa shape index (κ2) is 29.1. The summed E-state index contributed by atoms with van der Waals surface area (Å²) in [4.78, 5) is 25.0. The SMILES string of the molecule is CCCCC/C=C\C/C=C\CCCCCCCC(=O)OC(COC(=O)CCCCCCCCC)COC1OC(CO)C(O)C(O)C1O. The highest BCUT2D eigenvalue weighted by Gasteiger charge is 2.44. The van der Waals surface area contributed by atoms with Crippen molar-refractivity contribution in [1.82, 2.24) is 0 Å². The number of carbonyl (C=O) groups is 2. The summed E-state index contributed by atoms with van der Waals surface area (Å²) in [7, 11) is 0. The lowest BCUT2D eigenvalue weighted by atomic mass is 9.99. The quantitative estimate of drug-likeness (QED) is 0.0411. The van der Waals surface area contributed by atoms with Crippen LogP contribution in [0.4, 0.5) is 0 Å². The molecule has 6 unspecified atom stereocenters. The van der Waals surface area contributed by atoms with Crippen LogP contribution in [-0.4, -0.2) is 89.0 Å². The number of unbranched alkanes of at least 4 members (excludes halogenated alkanes) is 14. The minimum atomic E-state index is -1.59. The maximum Gasteiger partial charge on any atom is 0.306 e. The van der Waals surface area contributed by atoms with Gasteiger partial charge in [-0.05, 0) is 44.9 Å². The largest absolute Gasteiger partial charge is 0.462 e. The first-order chi connectivity index (χ1) is 22.8. The highest BCUT2D eigenvalue weighted by molar-refractivity contribution is 5.70. The molecule has 0 spiro atoms. The average molecular weight is 671 g/mol. The fourth-order valence-corrected chi connectivity index (χ4v) is 5.33. The Morgan fingerprint density at radius 1 is 0.660 bits per heavy atom. The molecule has 1 rings (SSSR count). The number of hydrogen-bond acceptors (Lipinski definition) is 10. The zero-order valence-electron chi connectivity index (χ0n) is 29.3. The molecule has 10 heteroatoms.